The van der Waals surface area contributed by atoms with Crippen LogP contribution >= 0.6 is 0 Å². The van der Waals surface area contributed by atoms with Gasteiger partial charge in [-0.3, -0.25) is 15.0 Å². The molecule has 0 saturated carbocycles. The quantitative estimate of drug-likeness (QED) is 0.459. The smallest absolute Gasteiger partial charge is 0.272 e. The molecule has 2 rings (SSSR count). The van der Waals surface area contributed by atoms with Crippen molar-refractivity contribution in [2.24, 2.45) is 0 Å². The molecule has 0 atom stereocenters. The Morgan fingerprint density at radius 2 is 2.00 bits per heavy atom. The summed E-state index contributed by atoms with van der Waals surface area (Å²) < 4.78 is 5.29. The monoisotopic (exact) mass is 279 g/mol. The minimum absolute atomic E-state index is 0.211. The summed E-state index contributed by atoms with van der Waals surface area (Å²) in [7, 11) is 0. The van der Waals surface area contributed by atoms with Gasteiger partial charge in [0.15, 0.2) is 0 Å². The van der Waals surface area contributed by atoms with Crippen LogP contribution in [0.15, 0.2) is 24.3 Å². The lowest BCUT2D eigenvalue weighted by atomic mass is 10.1. The summed E-state index contributed by atoms with van der Waals surface area (Å²) in [5.74, 6) is 0. The van der Waals surface area contributed by atoms with E-state index in [1.54, 1.807) is 12.1 Å². The Balaban J connectivity index is 1.67. The van der Waals surface area contributed by atoms with E-state index in [1.165, 1.54) is 0 Å². The van der Waals surface area contributed by atoms with Gasteiger partial charge in [-0.2, -0.15) is 0 Å². The Morgan fingerprint density at radius 3 is 2.75 bits per heavy atom. The molecule has 1 aliphatic heterocycles. The fourth-order valence-electron chi connectivity index (χ4n) is 2.31. The van der Waals surface area contributed by atoms with E-state index in [2.05, 4.69) is 10.2 Å². The number of nitrogens with one attached hydrogen (secondary N) is 1. The zero-order valence-corrected chi connectivity index (χ0v) is 11.6. The first-order chi connectivity index (χ1) is 9.77. The number of morpholine rings is 1. The molecule has 1 aliphatic rings. The van der Waals surface area contributed by atoms with Gasteiger partial charge in [0.05, 0.1) is 18.1 Å². The van der Waals surface area contributed by atoms with Gasteiger partial charge in [0.1, 0.15) is 0 Å². The van der Waals surface area contributed by atoms with Crippen molar-refractivity contribution in [1.82, 2.24) is 10.2 Å². The van der Waals surface area contributed by atoms with Crippen LogP contribution in [0, 0.1) is 10.1 Å². The third-order valence-corrected chi connectivity index (χ3v) is 3.47. The lowest BCUT2D eigenvalue weighted by Gasteiger charge is -2.26. The average molecular weight is 279 g/mol. The van der Waals surface area contributed by atoms with E-state index in [0.29, 0.717) is 6.42 Å². The molecule has 0 bridgehead atoms. The normalized spacial score (nSPS) is 16.2. The van der Waals surface area contributed by atoms with Crippen molar-refractivity contribution in [3.8, 4) is 0 Å². The van der Waals surface area contributed by atoms with Crippen LogP contribution in [-0.4, -0.2) is 55.8 Å². The van der Waals surface area contributed by atoms with E-state index >= 15 is 0 Å². The van der Waals surface area contributed by atoms with E-state index in [0.717, 1.165) is 51.5 Å². The zero-order valence-electron chi connectivity index (χ0n) is 11.6. The molecule has 20 heavy (non-hydrogen) atoms. The first kappa shape index (κ1) is 14.9. The molecule has 0 unspecified atom stereocenters. The molecule has 1 fully saturated rings. The predicted molar refractivity (Wildman–Crippen MR) is 76.9 cm³/mol. The minimum atomic E-state index is -0.316. The van der Waals surface area contributed by atoms with Gasteiger partial charge in [-0.05, 0) is 13.0 Å². The van der Waals surface area contributed by atoms with Gasteiger partial charge >= 0.3 is 0 Å². The fraction of sp³-hybridized carbons (Fsp3) is 0.571. The van der Waals surface area contributed by atoms with Gasteiger partial charge < -0.3 is 10.1 Å². The van der Waals surface area contributed by atoms with Crippen molar-refractivity contribution in [3.05, 3.63) is 39.9 Å². The highest BCUT2D eigenvalue weighted by atomic mass is 16.6. The Morgan fingerprint density at radius 1 is 1.25 bits per heavy atom. The molecular formula is C14H21N3O3. The topological polar surface area (TPSA) is 67.6 Å². The van der Waals surface area contributed by atoms with Gasteiger partial charge in [0, 0.05) is 37.8 Å². The Hall–Kier alpha value is -1.50. The fourth-order valence-corrected chi connectivity index (χ4v) is 2.31. The van der Waals surface area contributed by atoms with Crippen molar-refractivity contribution < 1.29 is 9.66 Å². The second-order valence-electron chi connectivity index (χ2n) is 4.84. The Kier molecular flexibility index (Phi) is 5.91. The largest absolute Gasteiger partial charge is 0.379 e. The highest BCUT2D eigenvalue weighted by molar-refractivity contribution is 5.39. The van der Waals surface area contributed by atoms with E-state index in [1.807, 2.05) is 12.1 Å². The van der Waals surface area contributed by atoms with Crippen LogP contribution in [0.4, 0.5) is 5.69 Å². The molecule has 0 aliphatic carbocycles. The summed E-state index contributed by atoms with van der Waals surface area (Å²) in [6.45, 7) is 6.28. The standard InChI is InChI=1S/C14H21N3O3/c18-17(19)14-4-2-1-3-13(14)5-6-15-7-8-16-9-11-20-12-10-16/h1-4,15H,5-12H2. The van der Waals surface area contributed by atoms with Crippen LogP contribution in [-0.2, 0) is 11.2 Å². The number of ether oxygens (including phenoxy) is 1. The van der Waals surface area contributed by atoms with Gasteiger partial charge in [-0.25, -0.2) is 0 Å². The second-order valence-corrected chi connectivity index (χ2v) is 4.84. The van der Waals surface area contributed by atoms with Crippen molar-refractivity contribution in [1.29, 1.82) is 0 Å². The zero-order chi connectivity index (χ0) is 14.2. The van der Waals surface area contributed by atoms with E-state index < -0.39 is 0 Å². The van der Waals surface area contributed by atoms with Crippen LogP contribution in [0.25, 0.3) is 0 Å². The van der Waals surface area contributed by atoms with Crippen LogP contribution in [0.5, 0.6) is 0 Å². The highest BCUT2D eigenvalue weighted by Crippen LogP contribution is 2.17. The summed E-state index contributed by atoms with van der Waals surface area (Å²) in [6.07, 6.45) is 0.681. The van der Waals surface area contributed by atoms with Gasteiger partial charge in [-0.15, -0.1) is 0 Å². The number of nitro groups is 1. The Bertz CT molecular complexity index is 433. The van der Waals surface area contributed by atoms with E-state index in [-0.39, 0.29) is 10.6 Å². The van der Waals surface area contributed by atoms with Crippen LogP contribution < -0.4 is 5.32 Å². The summed E-state index contributed by atoms with van der Waals surface area (Å²) >= 11 is 0. The number of nitro benzene ring substituents is 1. The second kappa shape index (κ2) is 7.94. The van der Waals surface area contributed by atoms with Crippen LogP contribution in [0.3, 0.4) is 0 Å². The first-order valence-corrected chi connectivity index (χ1v) is 7.00. The maximum absolute atomic E-state index is 10.9. The molecule has 6 heteroatoms. The summed E-state index contributed by atoms with van der Waals surface area (Å²) in [5.41, 5.74) is 0.999. The third kappa shape index (κ3) is 4.56. The van der Waals surface area contributed by atoms with Gasteiger partial charge in [0.2, 0.25) is 0 Å². The molecule has 1 aromatic carbocycles. The molecule has 1 aromatic rings. The lowest BCUT2D eigenvalue weighted by molar-refractivity contribution is -0.385. The lowest BCUT2D eigenvalue weighted by Crippen LogP contribution is -2.40. The summed E-state index contributed by atoms with van der Waals surface area (Å²) in [6, 6.07) is 6.93. The predicted octanol–water partition coefficient (Wildman–Crippen LogP) is 1.06. The van der Waals surface area contributed by atoms with Gasteiger partial charge in [0.25, 0.3) is 5.69 Å². The molecule has 0 aromatic heterocycles. The molecule has 6 nitrogen and oxygen atoms in total. The number of rotatable bonds is 7. The number of para-hydroxylation sites is 1. The summed E-state index contributed by atoms with van der Waals surface area (Å²) in [4.78, 5) is 12.9. The molecule has 1 heterocycles. The number of hydrogen-bond acceptors (Lipinski definition) is 5. The Labute approximate surface area is 118 Å². The van der Waals surface area contributed by atoms with Crippen molar-refractivity contribution in [2.75, 3.05) is 45.9 Å². The molecule has 0 radical (unpaired) electrons. The number of hydrogen-bond donors (Lipinski definition) is 1. The molecular weight excluding hydrogens is 258 g/mol. The first-order valence-electron chi connectivity index (χ1n) is 7.00. The maximum atomic E-state index is 10.9. The van der Waals surface area contributed by atoms with E-state index in [4.69, 9.17) is 4.74 Å². The van der Waals surface area contributed by atoms with Crippen molar-refractivity contribution >= 4 is 5.69 Å². The molecule has 0 amide bonds. The average Bonchev–Trinajstić information content (AvgIpc) is 2.48. The molecule has 1 N–H and O–H groups in total. The molecule has 110 valence electrons. The molecule has 1 saturated heterocycles. The maximum Gasteiger partial charge on any atom is 0.272 e. The van der Waals surface area contributed by atoms with Crippen LogP contribution in [0.1, 0.15) is 5.56 Å². The van der Waals surface area contributed by atoms with Crippen molar-refractivity contribution in [2.45, 2.75) is 6.42 Å². The highest BCUT2D eigenvalue weighted by Gasteiger charge is 2.12. The van der Waals surface area contributed by atoms with Crippen LogP contribution in [0.2, 0.25) is 0 Å². The van der Waals surface area contributed by atoms with Gasteiger partial charge in [-0.1, -0.05) is 18.2 Å². The van der Waals surface area contributed by atoms with Crippen molar-refractivity contribution in [3.63, 3.8) is 0 Å². The number of benzene rings is 1. The third-order valence-electron chi connectivity index (χ3n) is 3.47. The molecule has 0 spiro atoms. The SMILES string of the molecule is O=[N+]([O-])c1ccccc1CCNCCN1CCOCC1. The van der Waals surface area contributed by atoms with E-state index in [9.17, 15) is 10.1 Å². The number of nitrogens with zero attached hydrogens (tertiary/aromatic N) is 2. The minimum Gasteiger partial charge on any atom is -0.379 e. The summed E-state index contributed by atoms with van der Waals surface area (Å²) in [5, 5.41) is 14.2.